The SMILES string of the molecule is CN(CCC(=O)O)S(=O)(=O)Nc1c(Cl)cc(F)cc1Cl. The zero-order valence-corrected chi connectivity index (χ0v) is 12.6. The number of nitrogens with one attached hydrogen (secondary N) is 1. The van der Waals surface area contributed by atoms with E-state index in [0.29, 0.717) is 0 Å². The van der Waals surface area contributed by atoms with Crippen LogP contribution >= 0.6 is 23.2 Å². The van der Waals surface area contributed by atoms with E-state index in [2.05, 4.69) is 4.72 Å². The van der Waals surface area contributed by atoms with Gasteiger partial charge in [0.25, 0.3) is 0 Å². The fourth-order valence-electron chi connectivity index (χ4n) is 1.22. The number of carbonyl (C=O) groups is 1. The van der Waals surface area contributed by atoms with Crippen molar-refractivity contribution in [2.75, 3.05) is 18.3 Å². The number of hydrogen-bond acceptors (Lipinski definition) is 3. The van der Waals surface area contributed by atoms with Crippen LogP contribution in [0.25, 0.3) is 0 Å². The Morgan fingerprint density at radius 3 is 2.35 bits per heavy atom. The van der Waals surface area contributed by atoms with E-state index in [4.69, 9.17) is 28.3 Å². The molecular formula is C10H11Cl2FN2O4S. The lowest BCUT2D eigenvalue weighted by Crippen LogP contribution is -2.34. The van der Waals surface area contributed by atoms with Gasteiger partial charge in [-0.1, -0.05) is 23.2 Å². The average Bonchev–Trinajstić information content (AvgIpc) is 2.30. The standard InChI is InChI=1S/C10H11Cl2FN2O4S/c1-15(3-2-9(16)17)20(18,19)14-10-7(11)4-6(13)5-8(10)12/h4-5,14H,2-3H2,1H3,(H,16,17). The van der Waals surface area contributed by atoms with E-state index in [0.717, 1.165) is 16.4 Å². The number of benzene rings is 1. The van der Waals surface area contributed by atoms with Crippen molar-refractivity contribution in [2.24, 2.45) is 0 Å². The van der Waals surface area contributed by atoms with Crippen molar-refractivity contribution in [3.05, 3.63) is 28.0 Å². The minimum absolute atomic E-state index is 0.170. The quantitative estimate of drug-likeness (QED) is 0.828. The van der Waals surface area contributed by atoms with E-state index in [9.17, 15) is 17.6 Å². The van der Waals surface area contributed by atoms with Crippen molar-refractivity contribution in [1.82, 2.24) is 4.31 Å². The van der Waals surface area contributed by atoms with Crippen molar-refractivity contribution >= 4 is 45.1 Å². The molecule has 0 unspecified atom stereocenters. The van der Waals surface area contributed by atoms with Gasteiger partial charge < -0.3 is 5.11 Å². The number of carboxylic acids is 1. The summed E-state index contributed by atoms with van der Waals surface area (Å²) in [4.78, 5) is 10.4. The second kappa shape index (κ2) is 6.57. The van der Waals surface area contributed by atoms with Gasteiger partial charge in [0, 0.05) is 13.6 Å². The zero-order valence-electron chi connectivity index (χ0n) is 10.2. The second-order valence-electron chi connectivity index (χ2n) is 3.82. The molecule has 0 aromatic heterocycles. The molecule has 1 rings (SSSR count). The summed E-state index contributed by atoms with van der Waals surface area (Å²) in [6.45, 7) is -0.235. The Hall–Kier alpha value is -1.09. The normalized spacial score (nSPS) is 11.7. The summed E-state index contributed by atoms with van der Waals surface area (Å²) in [5, 5.41) is 8.10. The first-order valence-corrected chi connectivity index (χ1v) is 7.43. The van der Waals surface area contributed by atoms with Gasteiger partial charge in [-0.15, -0.1) is 0 Å². The molecule has 0 amide bonds. The maximum absolute atomic E-state index is 13.0. The van der Waals surface area contributed by atoms with Crippen LogP contribution in [0.2, 0.25) is 10.0 Å². The summed E-state index contributed by atoms with van der Waals surface area (Å²) in [5.41, 5.74) is -0.170. The highest BCUT2D eigenvalue weighted by Crippen LogP contribution is 2.32. The monoisotopic (exact) mass is 344 g/mol. The lowest BCUT2D eigenvalue weighted by Gasteiger charge is -2.18. The second-order valence-corrected chi connectivity index (χ2v) is 6.41. The molecule has 6 nitrogen and oxygen atoms in total. The number of anilines is 1. The molecule has 0 aliphatic rings. The van der Waals surface area contributed by atoms with E-state index in [1.807, 2.05) is 0 Å². The summed E-state index contributed by atoms with van der Waals surface area (Å²) >= 11 is 11.4. The molecule has 0 fully saturated rings. The maximum atomic E-state index is 13.0. The molecule has 2 N–H and O–H groups in total. The molecule has 0 aliphatic heterocycles. The Labute approximate surface area is 125 Å². The number of nitrogens with zero attached hydrogens (tertiary/aromatic N) is 1. The summed E-state index contributed by atoms with van der Waals surface area (Å²) < 4.78 is 39.7. The predicted octanol–water partition coefficient (Wildman–Crippen LogP) is 2.20. The molecule has 0 spiro atoms. The van der Waals surface area contributed by atoms with Gasteiger partial charge in [0.2, 0.25) is 0 Å². The summed E-state index contributed by atoms with van der Waals surface area (Å²) in [5.74, 6) is -1.84. The highest BCUT2D eigenvalue weighted by molar-refractivity contribution is 7.90. The lowest BCUT2D eigenvalue weighted by molar-refractivity contribution is -0.137. The predicted molar refractivity (Wildman–Crippen MR) is 73.8 cm³/mol. The van der Waals surface area contributed by atoms with Crippen molar-refractivity contribution in [3.63, 3.8) is 0 Å². The summed E-state index contributed by atoms with van der Waals surface area (Å²) in [6.07, 6.45) is -0.359. The third-order valence-corrected chi connectivity index (χ3v) is 4.35. The Morgan fingerprint density at radius 2 is 1.90 bits per heavy atom. The third-order valence-electron chi connectivity index (χ3n) is 2.29. The van der Waals surface area contributed by atoms with Crippen LogP contribution in [0, 0.1) is 5.82 Å². The number of carboxylic acid groups (broad SMARTS) is 1. The van der Waals surface area contributed by atoms with Gasteiger partial charge >= 0.3 is 16.2 Å². The summed E-state index contributed by atoms with van der Waals surface area (Å²) in [7, 11) is -2.85. The first kappa shape index (κ1) is 17.0. The van der Waals surface area contributed by atoms with Gasteiger partial charge in [-0.2, -0.15) is 12.7 Å². The van der Waals surface area contributed by atoms with E-state index >= 15 is 0 Å². The van der Waals surface area contributed by atoms with Crippen molar-refractivity contribution in [2.45, 2.75) is 6.42 Å². The Balaban J connectivity index is 2.94. The minimum Gasteiger partial charge on any atom is -0.481 e. The van der Waals surface area contributed by atoms with Crippen molar-refractivity contribution in [3.8, 4) is 0 Å². The van der Waals surface area contributed by atoms with Crippen LogP contribution in [0.3, 0.4) is 0 Å². The van der Waals surface area contributed by atoms with Gasteiger partial charge in [0.05, 0.1) is 22.2 Å². The fourth-order valence-corrected chi connectivity index (χ4v) is 2.85. The Morgan fingerprint density at radius 1 is 1.40 bits per heavy atom. The number of hydrogen-bond donors (Lipinski definition) is 2. The summed E-state index contributed by atoms with van der Waals surface area (Å²) in [6, 6.07) is 1.81. The van der Waals surface area contributed by atoms with Crippen LogP contribution < -0.4 is 4.72 Å². The Bertz CT molecular complexity index is 601. The first-order chi connectivity index (χ1) is 9.13. The number of rotatable bonds is 6. The van der Waals surface area contributed by atoms with Gasteiger partial charge in [-0.05, 0) is 12.1 Å². The van der Waals surface area contributed by atoms with Crippen molar-refractivity contribution < 1.29 is 22.7 Å². The van der Waals surface area contributed by atoms with Gasteiger partial charge in [-0.25, -0.2) is 4.39 Å². The first-order valence-electron chi connectivity index (χ1n) is 5.24. The molecule has 10 heteroatoms. The van der Waals surface area contributed by atoms with Gasteiger partial charge in [0.15, 0.2) is 0 Å². The van der Waals surface area contributed by atoms with Crippen molar-refractivity contribution in [1.29, 1.82) is 0 Å². The molecule has 0 atom stereocenters. The third kappa shape index (κ3) is 4.48. The van der Waals surface area contributed by atoms with E-state index in [1.165, 1.54) is 7.05 Å². The van der Waals surface area contributed by atoms with Gasteiger partial charge in [-0.3, -0.25) is 9.52 Å². The molecule has 112 valence electrons. The van der Waals surface area contributed by atoms with Crippen LogP contribution in [0.1, 0.15) is 6.42 Å². The van der Waals surface area contributed by atoms with E-state index in [1.54, 1.807) is 0 Å². The lowest BCUT2D eigenvalue weighted by atomic mass is 10.3. The van der Waals surface area contributed by atoms with E-state index < -0.39 is 22.0 Å². The highest BCUT2D eigenvalue weighted by atomic mass is 35.5. The fraction of sp³-hybridized carbons (Fsp3) is 0.300. The van der Waals surface area contributed by atoms with E-state index in [-0.39, 0.29) is 28.7 Å². The molecule has 0 saturated carbocycles. The molecule has 1 aromatic carbocycles. The number of halogens is 3. The molecular weight excluding hydrogens is 334 g/mol. The van der Waals surface area contributed by atoms with Crippen LogP contribution in [0.5, 0.6) is 0 Å². The molecule has 0 bridgehead atoms. The van der Waals surface area contributed by atoms with Gasteiger partial charge in [0.1, 0.15) is 5.82 Å². The molecule has 20 heavy (non-hydrogen) atoms. The Kier molecular flexibility index (Phi) is 5.58. The molecule has 0 radical (unpaired) electrons. The number of aliphatic carboxylic acids is 1. The smallest absolute Gasteiger partial charge is 0.304 e. The average molecular weight is 345 g/mol. The zero-order chi connectivity index (χ0) is 15.5. The van der Waals surface area contributed by atoms with Crippen LogP contribution in [0.4, 0.5) is 10.1 Å². The molecule has 0 heterocycles. The molecule has 0 aliphatic carbocycles. The maximum Gasteiger partial charge on any atom is 0.304 e. The molecule has 0 saturated heterocycles. The van der Waals surface area contributed by atoms with Crippen LogP contribution in [-0.4, -0.2) is 37.4 Å². The minimum atomic E-state index is -4.04. The highest BCUT2D eigenvalue weighted by Gasteiger charge is 2.21. The topological polar surface area (TPSA) is 86.7 Å². The molecule has 1 aromatic rings. The van der Waals surface area contributed by atoms with Crippen LogP contribution in [-0.2, 0) is 15.0 Å². The van der Waals surface area contributed by atoms with Crippen LogP contribution in [0.15, 0.2) is 12.1 Å². The largest absolute Gasteiger partial charge is 0.481 e.